The van der Waals surface area contributed by atoms with Gasteiger partial charge < -0.3 is 14.6 Å². The first-order valence-electron chi connectivity index (χ1n) is 11.8. The first-order chi connectivity index (χ1) is 15.4. The molecule has 0 spiro atoms. The van der Waals surface area contributed by atoms with Crippen LogP contribution in [-0.2, 0) is 20.7 Å². The minimum Gasteiger partial charge on any atom is -0.389 e. The molecule has 176 valence electrons. The summed E-state index contributed by atoms with van der Waals surface area (Å²) in [5, 5.41) is 11.5. The molecule has 0 aliphatic carbocycles. The fourth-order valence-corrected chi connectivity index (χ4v) is 4.78. The Labute approximate surface area is 194 Å². The minimum atomic E-state index is -1.04. The van der Waals surface area contributed by atoms with Gasteiger partial charge in [-0.15, -0.1) is 0 Å². The van der Waals surface area contributed by atoms with Crippen molar-refractivity contribution in [2.45, 2.75) is 77.1 Å². The number of carbonyl (C=O) groups is 1. The predicted molar refractivity (Wildman–Crippen MR) is 130 cm³/mol. The molecule has 0 heterocycles. The molecule has 0 fully saturated rings. The molecule has 4 nitrogen and oxygen atoms in total. The van der Waals surface area contributed by atoms with E-state index in [9.17, 15) is 9.90 Å². The van der Waals surface area contributed by atoms with Gasteiger partial charge in [0.15, 0.2) is 6.29 Å². The van der Waals surface area contributed by atoms with E-state index in [1.165, 1.54) is 5.56 Å². The average Bonchev–Trinajstić information content (AvgIpc) is 2.79. The highest BCUT2D eigenvalue weighted by Crippen LogP contribution is 2.36. The van der Waals surface area contributed by atoms with Gasteiger partial charge in [-0.3, -0.25) is 4.79 Å². The van der Waals surface area contributed by atoms with Gasteiger partial charge in [0, 0.05) is 20.6 Å². The molecule has 2 rings (SSSR count). The van der Waals surface area contributed by atoms with Crippen molar-refractivity contribution >= 4 is 5.78 Å². The third-order valence-electron chi connectivity index (χ3n) is 6.41. The first-order valence-corrected chi connectivity index (χ1v) is 11.8. The number of aryl methyl sites for hydroxylation is 2. The Morgan fingerprint density at radius 1 is 1.00 bits per heavy atom. The van der Waals surface area contributed by atoms with Crippen molar-refractivity contribution in [1.82, 2.24) is 0 Å². The summed E-state index contributed by atoms with van der Waals surface area (Å²) in [6.45, 7) is 6.19. The molecule has 0 saturated carbocycles. The molecule has 2 aromatic carbocycles. The number of methoxy groups -OCH3 is 2. The van der Waals surface area contributed by atoms with Crippen molar-refractivity contribution in [2.24, 2.45) is 5.92 Å². The zero-order chi connectivity index (χ0) is 23.6. The van der Waals surface area contributed by atoms with E-state index in [1.807, 2.05) is 31.2 Å². The molecular weight excluding hydrogens is 400 g/mol. The number of hydrogen-bond acceptors (Lipinski definition) is 4. The number of aliphatic hydroxyl groups is 1. The lowest BCUT2D eigenvalue weighted by atomic mass is 9.76. The third-order valence-corrected chi connectivity index (χ3v) is 6.41. The summed E-state index contributed by atoms with van der Waals surface area (Å²) >= 11 is 0. The molecule has 0 bridgehead atoms. The monoisotopic (exact) mass is 440 g/mol. The van der Waals surface area contributed by atoms with Gasteiger partial charge in [-0.05, 0) is 49.7 Å². The van der Waals surface area contributed by atoms with Crippen molar-refractivity contribution in [3.63, 3.8) is 0 Å². The lowest BCUT2D eigenvalue weighted by Crippen LogP contribution is -2.41. The SMILES string of the molecule is CCC[C@@](O)(CCc1ccccc1)CC(=O)C(C(OC)OC)[C@@H](CC)c1cccc(C)c1. The number of benzene rings is 2. The Morgan fingerprint density at radius 2 is 1.69 bits per heavy atom. The lowest BCUT2D eigenvalue weighted by Gasteiger charge is -2.34. The fourth-order valence-electron chi connectivity index (χ4n) is 4.78. The number of ketones is 1. The van der Waals surface area contributed by atoms with Crippen LogP contribution in [-0.4, -0.2) is 37.0 Å². The van der Waals surface area contributed by atoms with Gasteiger partial charge in [-0.25, -0.2) is 0 Å². The van der Waals surface area contributed by atoms with Crippen LogP contribution < -0.4 is 0 Å². The Morgan fingerprint density at radius 3 is 2.25 bits per heavy atom. The Hall–Kier alpha value is -2.01. The van der Waals surface area contributed by atoms with Gasteiger partial charge in [0.25, 0.3) is 0 Å². The lowest BCUT2D eigenvalue weighted by molar-refractivity contribution is -0.164. The zero-order valence-electron chi connectivity index (χ0n) is 20.3. The smallest absolute Gasteiger partial charge is 0.167 e. The molecular formula is C28H40O4. The Bertz CT molecular complexity index is 815. The van der Waals surface area contributed by atoms with Crippen LogP contribution >= 0.6 is 0 Å². The highest BCUT2D eigenvalue weighted by atomic mass is 16.7. The molecule has 4 heteroatoms. The van der Waals surface area contributed by atoms with Crippen molar-refractivity contribution in [1.29, 1.82) is 0 Å². The van der Waals surface area contributed by atoms with E-state index in [-0.39, 0.29) is 18.1 Å². The molecule has 3 atom stereocenters. The number of hydrogen-bond donors (Lipinski definition) is 1. The van der Waals surface area contributed by atoms with Gasteiger partial charge in [-0.1, -0.05) is 80.4 Å². The third kappa shape index (κ3) is 7.26. The van der Waals surface area contributed by atoms with E-state index in [0.29, 0.717) is 12.8 Å². The highest BCUT2D eigenvalue weighted by Gasteiger charge is 2.40. The van der Waals surface area contributed by atoms with E-state index in [4.69, 9.17) is 9.47 Å². The summed E-state index contributed by atoms with van der Waals surface area (Å²) in [5.41, 5.74) is 2.39. The number of Topliss-reactive ketones (excluding diaryl/α,β-unsaturated/α-hetero) is 1. The molecule has 0 aliphatic rings. The van der Waals surface area contributed by atoms with Crippen LogP contribution in [0.3, 0.4) is 0 Å². The van der Waals surface area contributed by atoms with E-state index in [1.54, 1.807) is 14.2 Å². The van der Waals surface area contributed by atoms with Crippen LogP contribution in [0.1, 0.15) is 68.6 Å². The topological polar surface area (TPSA) is 55.8 Å². The van der Waals surface area contributed by atoms with Gasteiger partial charge >= 0.3 is 0 Å². The number of carbonyl (C=O) groups excluding carboxylic acids is 1. The molecule has 32 heavy (non-hydrogen) atoms. The van der Waals surface area contributed by atoms with Crippen molar-refractivity contribution in [3.05, 3.63) is 71.3 Å². The maximum Gasteiger partial charge on any atom is 0.167 e. The normalized spacial score (nSPS) is 15.3. The summed E-state index contributed by atoms with van der Waals surface area (Å²) in [5.74, 6) is -0.541. The van der Waals surface area contributed by atoms with Crippen LogP contribution in [0.25, 0.3) is 0 Å². The van der Waals surface area contributed by atoms with E-state index in [2.05, 4.69) is 44.2 Å². The van der Waals surface area contributed by atoms with Crippen LogP contribution in [0, 0.1) is 12.8 Å². The predicted octanol–water partition coefficient (Wildman–Crippen LogP) is 5.85. The van der Waals surface area contributed by atoms with Crippen LogP contribution in [0.2, 0.25) is 0 Å². The van der Waals surface area contributed by atoms with Gasteiger partial charge in [-0.2, -0.15) is 0 Å². The molecule has 0 aliphatic heterocycles. The number of rotatable bonds is 14. The first kappa shape index (κ1) is 26.2. The number of ether oxygens (including phenoxy) is 2. The Balaban J connectivity index is 2.29. The largest absolute Gasteiger partial charge is 0.389 e. The molecule has 0 radical (unpaired) electrons. The average molecular weight is 441 g/mol. The van der Waals surface area contributed by atoms with Crippen LogP contribution in [0.15, 0.2) is 54.6 Å². The molecule has 0 aromatic heterocycles. The summed E-state index contributed by atoms with van der Waals surface area (Å²) in [7, 11) is 3.15. The fraction of sp³-hybridized carbons (Fsp3) is 0.536. The molecule has 1 N–H and O–H groups in total. The summed E-state index contributed by atoms with van der Waals surface area (Å²) < 4.78 is 11.2. The van der Waals surface area contributed by atoms with Crippen molar-refractivity contribution in [2.75, 3.05) is 14.2 Å². The van der Waals surface area contributed by atoms with Crippen molar-refractivity contribution < 1.29 is 19.4 Å². The Kier molecular flexibility index (Phi) is 10.6. The summed E-state index contributed by atoms with van der Waals surface area (Å²) in [6, 6.07) is 18.4. The standard InChI is InChI=1S/C28H40O4/c1-6-17-28(30,18-16-22-13-9-8-10-14-22)20-25(29)26(27(31-4)32-5)24(7-2)23-15-11-12-21(3)19-23/h8-15,19,24,26-27,30H,6-7,16-18,20H2,1-5H3/t24-,26?,28+/m0/s1. The highest BCUT2D eigenvalue weighted by molar-refractivity contribution is 5.83. The molecule has 0 amide bonds. The minimum absolute atomic E-state index is 0.00364. The van der Waals surface area contributed by atoms with E-state index >= 15 is 0 Å². The maximum atomic E-state index is 13.7. The van der Waals surface area contributed by atoms with Gasteiger partial charge in [0.2, 0.25) is 0 Å². The quantitative estimate of drug-likeness (QED) is 0.375. The van der Waals surface area contributed by atoms with Crippen molar-refractivity contribution in [3.8, 4) is 0 Å². The zero-order valence-corrected chi connectivity index (χ0v) is 20.3. The van der Waals surface area contributed by atoms with E-state index in [0.717, 1.165) is 30.4 Å². The molecule has 1 unspecified atom stereocenters. The van der Waals surface area contributed by atoms with E-state index < -0.39 is 17.8 Å². The summed E-state index contributed by atoms with van der Waals surface area (Å²) in [6.07, 6.45) is 2.91. The second kappa shape index (κ2) is 12.9. The van der Waals surface area contributed by atoms with Crippen LogP contribution in [0.5, 0.6) is 0 Å². The second-order valence-electron chi connectivity index (χ2n) is 8.90. The molecule has 2 aromatic rings. The second-order valence-corrected chi connectivity index (χ2v) is 8.90. The summed E-state index contributed by atoms with van der Waals surface area (Å²) in [4.78, 5) is 13.7. The molecule has 0 saturated heterocycles. The van der Waals surface area contributed by atoms with Crippen LogP contribution in [0.4, 0.5) is 0 Å². The van der Waals surface area contributed by atoms with Gasteiger partial charge in [0.05, 0.1) is 11.5 Å². The maximum absolute atomic E-state index is 13.7. The van der Waals surface area contributed by atoms with Gasteiger partial charge in [0.1, 0.15) is 5.78 Å².